The molecular formula is C18H18N2O5. The fourth-order valence-electron chi connectivity index (χ4n) is 2.00. The molecule has 0 atom stereocenters. The predicted octanol–water partition coefficient (Wildman–Crippen LogP) is 2.03. The molecule has 0 fully saturated rings. The summed E-state index contributed by atoms with van der Waals surface area (Å²) in [7, 11) is 0. The molecule has 2 amide bonds. The van der Waals surface area contributed by atoms with E-state index in [1.54, 1.807) is 18.2 Å². The molecule has 0 radical (unpaired) electrons. The van der Waals surface area contributed by atoms with Gasteiger partial charge < -0.3 is 20.2 Å². The molecule has 2 rings (SSSR count). The number of carboxylic acids is 1. The van der Waals surface area contributed by atoms with E-state index in [1.807, 2.05) is 18.2 Å². The molecule has 1 heterocycles. The number of aliphatic carboxylic acids is 1. The number of carbonyl (C=O) groups excluding carboxylic acids is 2. The Morgan fingerprint density at radius 2 is 1.84 bits per heavy atom. The van der Waals surface area contributed by atoms with Crippen molar-refractivity contribution in [3.8, 4) is 0 Å². The number of benzene rings is 1. The molecule has 0 spiro atoms. The highest BCUT2D eigenvalue weighted by atomic mass is 16.4. The molecule has 25 heavy (non-hydrogen) atoms. The molecule has 130 valence electrons. The second kappa shape index (κ2) is 9.07. The number of carboxylic acid groups (broad SMARTS) is 1. The van der Waals surface area contributed by atoms with E-state index in [4.69, 9.17) is 9.52 Å². The topological polar surface area (TPSA) is 109 Å². The van der Waals surface area contributed by atoms with E-state index < -0.39 is 17.8 Å². The van der Waals surface area contributed by atoms with Crippen LogP contribution in [0.1, 0.15) is 29.0 Å². The Bertz CT molecular complexity index is 751. The normalized spacial score (nSPS) is 11.0. The summed E-state index contributed by atoms with van der Waals surface area (Å²) in [4.78, 5) is 35.0. The van der Waals surface area contributed by atoms with Crippen LogP contribution in [0.4, 0.5) is 0 Å². The SMILES string of the molecule is O=C(O)CCCNC(=O)C(=Cc1ccccc1)NC(=O)c1ccco1. The molecule has 0 saturated carbocycles. The van der Waals surface area contributed by atoms with Crippen LogP contribution in [0.3, 0.4) is 0 Å². The van der Waals surface area contributed by atoms with Crippen LogP contribution >= 0.6 is 0 Å². The monoisotopic (exact) mass is 342 g/mol. The van der Waals surface area contributed by atoms with E-state index >= 15 is 0 Å². The molecule has 0 saturated heterocycles. The minimum Gasteiger partial charge on any atom is -0.481 e. The first-order chi connectivity index (χ1) is 12.1. The van der Waals surface area contributed by atoms with Gasteiger partial charge in [0.05, 0.1) is 6.26 Å². The van der Waals surface area contributed by atoms with Gasteiger partial charge >= 0.3 is 5.97 Å². The Morgan fingerprint density at radius 3 is 2.48 bits per heavy atom. The van der Waals surface area contributed by atoms with Crippen LogP contribution in [0.25, 0.3) is 6.08 Å². The van der Waals surface area contributed by atoms with Crippen molar-refractivity contribution < 1.29 is 23.9 Å². The highest BCUT2D eigenvalue weighted by Gasteiger charge is 2.16. The third-order valence-corrected chi connectivity index (χ3v) is 3.20. The molecular weight excluding hydrogens is 324 g/mol. The lowest BCUT2D eigenvalue weighted by molar-refractivity contribution is -0.137. The van der Waals surface area contributed by atoms with Crippen LogP contribution < -0.4 is 10.6 Å². The summed E-state index contributed by atoms with van der Waals surface area (Å²) in [6.45, 7) is 0.188. The first kappa shape index (κ1) is 18.0. The standard InChI is InChI=1S/C18H18N2O5/c21-16(22)9-4-10-19-17(23)14(12-13-6-2-1-3-7-13)20-18(24)15-8-5-11-25-15/h1-3,5-8,11-12H,4,9-10H2,(H,19,23)(H,20,24)(H,21,22). The zero-order valence-electron chi connectivity index (χ0n) is 13.4. The van der Waals surface area contributed by atoms with Crippen molar-refractivity contribution >= 4 is 23.9 Å². The second-order valence-corrected chi connectivity index (χ2v) is 5.15. The van der Waals surface area contributed by atoms with Gasteiger partial charge in [-0.25, -0.2) is 0 Å². The highest BCUT2D eigenvalue weighted by molar-refractivity contribution is 6.04. The summed E-state index contributed by atoms with van der Waals surface area (Å²) < 4.78 is 5.01. The number of furan rings is 1. The molecule has 7 heteroatoms. The van der Waals surface area contributed by atoms with Crippen LogP contribution in [0.15, 0.2) is 58.8 Å². The molecule has 1 aromatic carbocycles. The molecule has 0 aliphatic heterocycles. The van der Waals surface area contributed by atoms with Crippen molar-refractivity contribution in [1.29, 1.82) is 0 Å². The van der Waals surface area contributed by atoms with E-state index in [1.165, 1.54) is 18.4 Å². The van der Waals surface area contributed by atoms with E-state index in [9.17, 15) is 14.4 Å². The average Bonchev–Trinajstić information content (AvgIpc) is 3.13. The van der Waals surface area contributed by atoms with E-state index in [0.717, 1.165) is 5.56 Å². The molecule has 0 aliphatic rings. The molecule has 0 unspecified atom stereocenters. The van der Waals surface area contributed by atoms with Gasteiger partial charge in [0.2, 0.25) is 0 Å². The Balaban J connectivity index is 2.08. The molecule has 2 aromatic rings. The van der Waals surface area contributed by atoms with Crippen molar-refractivity contribution in [3.63, 3.8) is 0 Å². The molecule has 3 N–H and O–H groups in total. The minimum atomic E-state index is -0.930. The molecule has 7 nitrogen and oxygen atoms in total. The first-order valence-corrected chi connectivity index (χ1v) is 7.68. The molecule has 0 bridgehead atoms. The van der Waals surface area contributed by atoms with Crippen molar-refractivity contribution in [2.24, 2.45) is 0 Å². The van der Waals surface area contributed by atoms with Crippen LogP contribution in [0.5, 0.6) is 0 Å². The maximum absolute atomic E-state index is 12.3. The zero-order valence-corrected chi connectivity index (χ0v) is 13.4. The van der Waals surface area contributed by atoms with Gasteiger partial charge in [-0.3, -0.25) is 14.4 Å². The minimum absolute atomic E-state index is 0.0444. The van der Waals surface area contributed by atoms with Gasteiger partial charge in [-0.05, 0) is 30.2 Å². The van der Waals surface area contributed by atoms with Crippen molar-refractivity contribution in [3.05, 3.63) is 65.7 Å². The fourth-order valence-corrected chi connectivity index (χ4v) is 2.00. The Kier molecular flexibility index (Phi) is 6.53. The number of hydrogen-bond donors (Lipinski definition) is 3. The lowest BCUT2D eigenvalue weighted by atomic mass is 10.2. The summed E-state index contributed by atoms with van der Waals surface area (Å²) in [5.41, 5.74) is 0.779. The number of nitrogens with one attached hydrogen (secondary N) is 2. The molecule has 0 aliphatic carbocycles. The van der Waals surface area contributed by atoms with Gasteiger partial charge in [0.15, 0.2) is 5.76 Å². The highest BCUT2D eigenvalue weighted by Crippen LogP contribution is 2.07. The summed E-state index contributed by atoms with van der Waals surface area (Å²) in [6.07, 6.45) is 3.15. The second-order valence-electron chi connectivity index (χ2n) is 5.15. The average molecular weight is 342 g/mol. The third-order valence-electron chi connectivity index (χ3n) is 3.20. The summed E-state index contributed by atoms with van der Waals surface area (Å²) >= 11 is 0. The van der Waals surface area contributed by atoms with Crippen molar-refractivity contribution in [2.45, 2.75) is 12.8 Å². The number of amides is 2. The lowest BCUT2D eigenvalue weighted by Gasteiger charge is -2.10. The van der Waals surface area contributed by atoms with Gasteiger partial charge in [-0.1, -0.05) is 30.3 Å². The van der Waals surface area contributed by atoms with E-state index in [2.05, 4.69) is 10.6 Å². The third kappa shape index (κ3) is 5.98. The maximum Gasteiger partial charge on any atom is 0.303 e. The van der Waals surface area contributed by atoms with E-state index in [0.29, 0.717) is 6.42 Å². The Hall–Kier alpha value is -3.35. The Morgan fingerprint density at radius 1 is 1.08 bits per heavy atom. The van der Waals surface area contributed by atoms with Crippen molar-refractivity contribution in [1.82, 2.24) is 10.6 Å². The van der Waals surface area contributed by atoms with Crippen LogP contribution in [0, 0.1) is 0 Å². The number of hydrogen-bond acceptors (Lipinski definition) is 4. The van der Waals surface area contributed by atoms with Gasteiger partial charge in [-0.2, -0.15) is 0 Å². The lowest BCUT2D eigenvalue weighted by Crippen LogP contribution is -2.35. The Labute approximate surface area is 144 Å². The summed E-state index contributed by atoms with van der Waals surface area (Å²) in [6, 6.07) is 12.1. The molecule has 1 aromatic heterocycles. The summed E-state index contributed by atoms with van der Waals surface area (Å²) in [5.74, 6) is -1.90. The van der Waals surface area contributed by atoms with Crippen LogP contribution in [-0.4, -0.2) is 29.4 Å². The smallest absolute Gasteiger partial charge is 0.303 e. The van der Waals surface area contributed by atoms with Crippen molar-refractivity contribution in [2.75, 3.05) is 6.54 Å². The van der Waals surface area contributed by atoms with Gasteiger partial charge in [-0.15, -0.1) is 0 Å². The first-order valence-electron chi connectivity index (χ1n) is 7.68. The fraction of sp³-hybridized carbons (Fsp3) is 0.167. The quantitative estimate of drug-likeness (QED) is 0.502. The van der Waals surface area contributed by atoms with Gasteiger partial charge in [0.25, 0.3) is 11.8 Å². The number of rotatable bonds is 8. The maximum atomic E-state index is 12.3. The van der Waals surface area contributed by atoms with E-state index in [-0.39, 0.29) is 24.4 Å². The van der Waals surface area contributed by atoms with Gasteiger partial charge in [0.1, 0.15) is 5.70 Å². The largest absolute Gasteiger partial charge is 0.481 e. The van der Waals surface area contributed by atoms with Crippen LogP contribution in [0.2, 0.25) is 0 Å². The zero-order chi connectivity index (χ0) is 18.1. The van der Waals surface area contributed by atoms with Gasteiger partial charge in [0, 0.05) is 13.0 Å². The summed E-state index contributed by atoms with van der Waals surface area (Å²) in [5, 5.41) is 13.7. The predicted molar refractivity (Wildman–Crippen MR) is 90.5 cm³/mol. The van der Waals surface area contributed by atoms with Crippen LogP contribution in [-0.2, 0) is 9.59 Å². The number of carbonyl (C=O) groups is 3.